The Balaban J connectivity index is 3.09. The summed E-state index contributed by atoms with van der Waals surface area (Å²) in [6.07, 6.45) is 0. The summed E-state index contributed by atoms with van der Waals surface area (Å²) in [4.78, 5) is 4.82. The summed E-state index contributed by atoms with van der Waals surface area (Å²) in [6, 6.07) is 8.10. The third-order valence-corrected chi connectivity index (χ3v) is 4.72. The second-order valence-corrected chi connectivity index (χ2v) is 5.47. The number of benzene rings is 1. The van der Waals surface area contributed by atoms with Gasteiger partial charge in [-0.25, -0.2) is 8.42 Å². The monoisotopic (exact) mass is 313 g/mol. The van der Waals surface area contributed by atoms with Gasteiger partial charge in [0.2, 0.25) is 0 Å². The van der Waals surface area contributed by atoms with E-state index in [-0.39, 0.29) is 4.90 Å². The molecule has 0 aromatic heterocycles. The lowest BCUT2D eigenvalue weighted by molar-refractivity contribution is 0.0589. The van der Waals surface area contributed by atoms with Crippen molar-refractivity contribution in [1.82, 2.24) is 2.68 Å². The summed E-state index contributed by atoms with van der Waals surface area (Å²) in [5.41, 5.74) is 0. The van der Waals surface area contributed by atoms with Crippen molar-refractivity contribution in [1.29, 1.82) is 0 Å². The molecule has 4 nitrogen and oxygen atoms in total. The lowest BCUT2D eigenvalue weighted by Gasteiger charge is -2.10. The molecule has 1 rings (SSSR count). The van der Waals surface area contributed by atoms with Crippen molar-refractivity contribution >= 4 is 32.9 Å². The summed E-state index contributed by atoms with van der Waals surface area (Å²) in [6.45, 7) is 0. The van der Waals surface area contributed by atoms with Crippen molar-refractivity contribution in [2.45, 2.75) is 4.90 Å². The van der Waals surface area contributed by atoms with Gasteiger partial charge in [0, 0.05) is 0 Å². The molecule has 0 spiro atoms. The molecule has 6 heteroatoms. The first-order valence-electron chi connectivity index (χ1n) is 3.39. The van der Waals surface area contributed by atoms with Gasteiger partial charge in [-0.05, 0) is 14.8 Å². The van der Waals surface area contributed by atoms with Crippen LogP contribution in [-0.4, -0.2) is 18.2 Å². The van der Waals surface area contributed by atoms with Crippen molar-refractivity contribution < 1.29 is 13.3 Å². The van der Waals surface area contributed by atoms with E-state index in [1.807, 2.05) is 0 Å². The first-order valence-corrected chi connectivity index (χ1v) is 5.80. The molecule has 0 N–H and O–H groups in total. The van der Waals surface area contributed by atoms with E-state index in [1.54, 1.807) is 41.1 Å². The summed E-state index contributed by atoms with van der Waals surface area (Å²) < 4.78 is 23.9. The molecule has 0 unspecified atom stereocenters. The minimum atomic E-state index is -3.49. The van der Waals surface area contributed by atoms with Gasteiger partial charge in [-0.2, -0.15) is 0 Å². The van der Waals surface area contributed by atoms with Gasteiger partial charge in [0.25, 0.3) is 10.0 Å². The predicted molar refractivity (Wildman–Crippen MR) is 56.5 cm³/mol. The topological polar surface area (TPSA) is 46.6 Å². The number of halogens is 1. The van der Waals surface area contributed by atoms with Crippen molar-refractivity contribution in [2.75, 3.05) is 7.11 Å². The highest BCUT2D eigenvalue weighted by molar-refractivity contribution is 14.1. The average molecular weight is 313 g/mol. The molecule has 0 aliphatic heterocycles. The molecular formula is C7H8INO3S. The molecule has 0 heterocycles. The largest absolute Gasteiger partial charge is 0.278 e. The zero-order valence-electron chi connectivity index (χ0n) is 6.84. The molecule has 0 radical (unpaired) electrons. The van der Waals surface area contributed by atoms with E-state index in [9.17, 15) is 8.42 Å². The Morgan fingerprint density at radius 2 is 1.85 bits per heavy atom. The highest BCUT2D eigenvalue weighted by Crippen LogP contribution is 2.18. The maximum atomic E-state index is 11.6. The van der Waals surface area contributed by atoms with Gasteiger partial charge in [-0.3, -0.25) is 4.84 Å². The van der Waals surface area contributed by atoms with E-state index < -0.39 is 10.0 Å². The highest BCUT2D eigenvalue weighted by Gasteiger charge is 2.21. The fourth-order valence-corrected chi connectivity index (χ4v) is 2.32. The van der Waals surface area contributed by atoms with E-state index >= 15 is 0 Å². The van der Waals surface area contributed by atoms with Crippen LogP contribution < -0.4 is 0 Å². The Kier molecular flexibility index (Phi) is 3.65. The van der Waals surface area contributed by atoms with Crippen molar-refractivity contribution in [3.05, 3.63) is 30.3 Å². The van der Waals surface area contributed by atoms with Gasteiger partial charge in [0.15, 0.2) is 0 Å². The van der Waals surface area contributed by atoms with Crippen molar-refractivity contribution in [2.24, 2.45) is 0 Å². The standard InChI is InChI=1S/C7H8INO3S/c1-12-9(8)13(10,11)7-5-3-2-4-6-7/h2-6H,1H3. The summed E-state index contributed by atoms with van der Waals surface area (Å²) in [5.74, 6) is 0. The molecule has 0 amide bonds. The zero-order chi connectivity index (χ0) is 9.90. The molecule has 13 heavy (non-hydrogen) atoms. The van der Waals surface area contributed by atoms with Gasteiger partial charge in [0.1, 0.15) is 0 Å². The number of nitrogens with zero attached hydrogens (tertiary/aromatic N) is 1. The van der Waals surface area contributed by atoms with Crippen molar-refractivity contribution in [3.8, 4) is 0 Å². The van der Waals surface area contributed by atoms with Crippen LogP contribution >= 0.6 is 22.9 Å². The highest BCUT2D eigenvalue weighted by atomic mass is 127. The van der Waals surface area contributed by atoms with Gasteiger partial charge in [0.05, 0.1) is 34.9 Å². The first kappa shape index (κ1) is 10.9. The molecular weight excluding hydrogens is 305 g/mol. The van der Waals surface area contributed by atoms with Crippen LogP contribution in [0.3, 0.4) is 0 Å². The summed E-state index contributed by atoms with van der Waals surface area (Å²) >= 11 is 1.57. The van der Waals surface area contributed by atoms with E-state index in [4.69, 9.17) is 0 Å². The first-order chi connectivity index (χ1) is 6.09. The molecule has 0 aliphatic rings. The van der Waals surface area contributed by atoms with Crippen LogP contribution in [0.25, 0.3) is 0 Å². The van der Waals surface area contributed by atoms with Crippen LogP contribution in [0.15, 0.2) is 35.2 Å². The molecule has 1 aromatic rings. The Morgan fingerprint density at radius 1 is 1.31 bits per heavy atom. The van der Waals surface area contributed by atoms with Gasteiger partial charge >= 0.3 is 0 Å². The third-order valence-electron chi connectivity index (χ3n) is 1.37. The van der Waals surface area contributed by atoms with Crippen LogP contribution in [0.5, 0.6) is 0 Å². The molecule has 0 fully saturated rings. The van der Waals surface area contributed by atoms with E-state index in [1.165, 1.54) is 19.2 Å². The Bertz CT molecular complexity index is 365. The molecule has 0 bridgehead atoms. The maximum Gasteiger partial charge on any atom is 0.274 e. The quantitative estimate of drug-likeness (QED) is 0.484. The minimum Gasteiger partial charge on any atom is -0.278 e. The third kappa shape index (κ3) is 2.39. The number of sulfonamides is 1. The van der Waals surface area contributed by atoms with Crippen LogP contribution in [-0.2, 0) is 14.9 Å². The molecule has 1 aromatic carbocycles. The number of hydrogen-bond acceptors (Lipinski definition) is 3. The van der Waals surface area contributed by atoms with Gasteiger partial charge < -0.3 is 0 Å². The Labute approximate surface area is 91.0 Å². The second kappa shape index (κ2) is 4.36. The van der Waals surface area contributed by atoms with Gasteiger partial charge in [-0.15, -0.1) is 0 Å². The van der Waals surface area contributed by atoms with E-state index in [0.29, 0.717) is 0 Å². The number of rotatable bonds is 3. The smallest absolute Gasteiger partial charge is 0.274 e. The maximum absolute atomic E-state index is 11.6. The molecule has 0 atom stereocenters. The fraction of sp³-hybridized carbons (Fsp3) is 0.143. The molecule has 72 valence electrons. The van der Waals surface area contributed by atoms with Crippen LogP contribution in [0, 0.1) is 0 Å². The van der Waals surface area contributed by atoms with E-state index in [2.05, 4.69) is 4.84 Å². The summed E-state index contributed by atoms with van der Waals surface area (Å²) in [7, 11) is -2.19. The van der Waals surface area contributed by atoms with Crippen molar-refractivity contribution in [3.63, 3.8) is 0 Å². The Hall–Kier alpha value is -0.180. The fourth-order valence-electron chi connectivity index (χ4n) is 0.773. The van der Waals surface area contributed by atoms with Gasteiger partial charge in [-0.1, -0.05) is 18.2 Å². The number of hydrogen-bond donors (Lipinski definition) is 0. The van der Waals surface area contributed by atoms with Crippen LogP contribution in [0.1, 0.15) is 0 Å². The average Bonchev–Trinajstić information content (AvgIpc) is 2.18. The normalized spacial score (nSPS) is 11.9. The Morgan fingerprint density at radius 3 is 2.31 bits per heavy atom. The lowest BCUT2D eigenvalue weighted by atomic mass is 10.4. The molecule has 0 saturated heterocycles. The van der Waals surface area contributed by atoms with Crippen LogP contribution in [0.2, 0.25) is 0 Å². The zero-order valence-corrected chi connectivity index (χ0v) is 9.82. The SMILES string of the molecule is CON(I)S(=O)(=O)c1ccccc1. The predicted octanol–water partition coefficient (Wildman–Crippen LogP) is 1.59. The van der Waals surface area contributed by atoms with E-state index in [0.717, 1.165) is 2.68 Å². The van der Waals surface area contributed by atoms with Crippen LogP contribution in [0.4, 0.5) is 0 Å². The second-order valence-electron chi connectivity index (χ2n) is 2.18. The summed E-state index contributed by atoms with van der Waals surface area (Å²) in [5, 5.41) is 0. The molecule has 0 saturated carbocycles. The molecule has 0 aliphatic carbocycles. The lowest BCUT2D eigenvalue weighted by Crippen LogP contribution is -2.19. The minimum absolute atomic E-state index is 0.214.